The highest BCUT2D eigenvalue weighted by Crippen LogP contribution is 2.57. The lowest BCUT2D eigenvalue weighted by atomic mass is 9.52. The number of hydrogen-bond donors (Lipinski definition) is 0. The molecule has 172 valence electrons. The van der Waals surface area contributed by atoms with Gasteiger partial charge in [-0.2, -0.15) is 0 Å². The van der Waals surface area contributed by atoms with E-state index < -0.39 is 0 Å². The summed E-state index contributed by atoms with van der Waals surface area (Å²) in [6.07, 6.45) is 8.89. The second kappa shape index (κ2) is 7.84. The number of carbonyl (C=O) groups excluding carboxylic acids is 2. The smallest absolute Gasteiger partial charge is 0.251 e. The van der Waals surface area contributed by atoms with Gasteiger partial charge < -0.3 is 4.74 Å². The van der Waals surface area contributed by atoms with Crippen molar-refractivity contribution in [1.82, 2.24) is 9.80 Å². The van der Waals surface area contributed by atoms with Crippen LogP contribution in [-0.2, 0) is 9.59 Å². The molecule has 2 amide bonds. The number of piperazine rings is 1. The Morgan fingerprint density at radius 3 is 2.06 bits per heavy atom. The van der Waals surface area contributed by atoms with E-state index in [9.17, 15) is 9.59 Å². The van der Waals surface area contributed by atoms with Gasteiger partial charge in [0.05, 0.1) is 24.8 Å². The van der Waals surface area contributed by atoms with Gasteiger partial charge in [-0.05, 0) is 87.5 Å². The SMILES string of the molecule is CCOc1ccc(N2C(=O)C[C@@H](N3CCN(C45CC6CC(CC(C6)C4)C5)CC3)C2=O)cc1. The van der Waals surface area contributed by atoms with Crippen LogP contribution in [0.2, 0.25) is 0 Å². The van der Waals surface area contributed by atoms with Gasteiger partial charge in [0.2, 0.25) is 5.91 Å². The molecule has 1 aromatic carbocycles. The summed E-state index contributed by atoms with van der Waals surface area (Å²) >= 11 is 0. The maximum atomic E-state index is 13.2. The van der Waals surface area contributed by atoms with Crippen molar-refractivity contribution in [3.63, 3.8) is 0 Å². The quantitative estimate of drug-likeness (QED) is 0.662. The number of ether oxygens (including phenoxy) is 1. The van der Waals surface area contributed by atoms with Crippen LogP contribution in [0.5, 0.6) is 5.75 Å². The van der Waals surface area contributed by atoms with Gasteiger partial charge in [0.25, 0.3) is 5.91 Å². The minimum atomic E-state index is -0.312. The van der Waals surface area contributed by atoms with E-state index in [4.69, 9.17) is 4.74 Å². The molecule has 2 saturated heterocycles. The first-order chi connectivity index (χ1) is 15.5. The third kappa shape index (κ3) is 3.38. The summed E-state index contributed by atoms with van der Waals surface area (Å²) in [6.45, 7) is 6.39. The molecule has 0 unspecified atom stereocenters. The normalized spacial score (nSPS) is 37.5. The van der Waals surface area contributed by atoms with E-state index in [1.165, 1.54) is 43.4 Å². The Bertz CT molecular complexity index is 855. The van der Waals surface area contributed by atoms with Crippen LogP contribution in [0.3, 0.4) is 0 Å². The fourth-order valence-electron chi connectivity index (χ4n) is 7.99. The average Bonchev–Trinajstić information content (AvgIpc) is 3.08. The number of hydrogen-bond acceptors (Lipinski definition) is 5. The van der Waals surface area contributed by atoms with Crippen molar-refractivity contribution in [3.05, 3.63) is 24.3 Å². The monoisotopic (exact) mass is 437 g/mol. The molecule has 2 aliphatic heterocycles. The predicted octanol–water partition coefficient (Wildman–Crippen LogP) is 3.30. The highest BCUT2D eigenvalue weighted by atomic mass is 16.5. The van der Waals surface area contributed by atoms with E-state index in [-0.39, 0.29) is 17.9 Å². The van der Waals surface area contributed by atoms with E-state index in [0.717, 1.165) is 49.7 Å². The largest absolute Gasteiger partial charge is 0.494 e. The fraction of sp³-hybridized carbons (Fsp3) is 0.692. The zero-order chi connectivity index (χ0) is 21.9. The van der Waals surface area contributed by atoms with Crippen molar-refractivity contribution < 1.29 is 14.3 Å². The number of nitrogens with zero attached hydrogens (tertiary/aromatic N) is 3. The Kier molecular flexibility index (Phi) is 5.06. The molecule has 0 spiro atoms. The van der Waals surface area contributed by atoms with Gasteiger partial charge in [0, 0.05) is 31.7 Å². The summed E-state index contributed by atoms with van der Waals surface area (Å²) < 4.78 is 5.49. The number of amides is 2. The zero-order valence-electron chi connectivity index (χ0n) is 19.2. The van der Waals surface area contributed by atoms with Crippen molar-refractivity contribution in [2.45, 2.75) is 63.5 Å². The van der Waals surface area contributed by atoms with Gasteiger partial charge in [-0.3, -0.25) is 19.4 Å². The highest BCUT2D eigenvalue weighted by Gasteiger charge is 2.54. The molecule has 7 rings (SSSR count). The fourth-order valence-corrected chi connectivity index (χ4v) is 7.99. The van der Waals surface area contributed by atoms with Crippen LogP contribution < -0.4 is 9.64 Å². The topological polar surface area (TPSA) is 53.1 Å². The maximum absolute atomic E-state index is 13.2. The zero-order valence-corrected chi connectivity index (χ0v) is 19.2. The average molecular weight is 438 g/mol. The third-order valence-corrected chi connectivity index (χ3v) is 8.96. The molecule has 0 N–H and O–H groups in total. The molecule has 4 bridgehead atoms. The number of anilines is 1. The van der Waals surface area contributed by atoms with Crippen LogP contribution in [0, 0.1) is 17.8 Å². The molecule has 6 heteroatoms. The Labute approximate surface area is 190 Å². The second-order valence-corrected chi connectivity index (χ2v) is 10.9. The Hall–Kier alpha value is -1.92. The molecule has 4 aliphatic carbocycles. The van der Waals surface area contributed by atoms with Gasteiger partial charge in [0.15, 0.2) is 0 Å². The standard InChI is InChI=1S/C26H35N3O3/c1-2-32-22-5-3-21(4-6-22)29-24(30)14-23(25(29)31)27-7-9-28(10-8-27)26-15-18-11-19(16-26)13-20(12-18)17-26/h3-6,18-20,23H,2,7-17H2,1H3/t18?,19?,20?,23-,26?/m1/s1. The van der Waals surface area contributed by atoms with E-state index in [0.29, 0.717) is 24.3 Å². The lowest BCUT2D eigenvalue weighted by Crippen LogP contribution is -2.64. The van der Waals surface area contributed by atoms with E-state index >= 15 is 0 Å². The first-order valence-corrected chi connectivity index (χ1v) is 12.6. The summed E-state index contributed by atoms with van der Waals surface area (Å²) in [5, 5.41) is 0. The molecule has 1 atom stereocenters. The molecule has 32 heavy (non-hydrogen) atoms. The van der Waals surface area contributed by atoms with Gasteiger partial charge in [-0.15, -0.1) is 0 Å². The minimum absolute atomic E-state index is 0.0672. The van der Waals surface area contributed by atoms with Gasteiger partial charge in [0.1, 0.15) is 5.75 Å². The van der Waals surface area contributed by atoms with Crippen LogP contribution >= 0.6 is 0 Å². The molecular weight excluding hydrogens is 402 g/mol. The minimum Gasteiger partial charge on any atom is -0.494 e. The van der Waals surface area contributed by atoms with E-state index in [1.807, 2.05) is 31.2 Å². The molecule has 0 aromatic heterocycles. The van der Waals surface area contributed by atoms with Crippen molar-refractivity contribution in [1.29, 1.82) is 0 Å². The summed E-state index contributed by atoms with van der Waals surface area (Å²) in [4.78, 5) is 32.5. The van der Waals surface area contributed by atoms with Crippen LogP contribution in [-0.4, -0.2) is 66.0 Å². The van der Waals surface area contributed by atoms with Crippen molar-refractivity contribution in [2.75, 3.05) is 37.7 Å². The molecule has 1 aromatic rings. The number of rotatable bonds is 5. The Balaban J connectivity index is 1.11. The lowest BCUT2D eigenvalue weighted by molar-refractivity contribution is -0.125. The molecular formula is C26H35N3O3. The molecule has 6 nitrogen and oxygen atoms in total. The summed E-state index contributed by atoms with van der Waals surface area (Å²) in [6, 6.07) is 6.98. The van der Waals surface area contributed by atoms with Crippen LogP contribution in [0.25, 0.3) is 0 Å². The van der Waals surface area contributed by atoms with Gasteiger partial charge >= 0.3 is 0 Å². The molecule has 2 heterocycles. The molecule has 6 fully saturated rings. The second-order valence-electron chi connectivity index (χ2n) is 10.9. The molecule has 4 saturated carbocycles. The van der Waals surface area contributed by atoms with Gasteiger partial charge in [-0.25, -0.2) is 4.90 Å². The maximum Gasteiger partial charge on any atom is 0.251 e. The van der Waals surface area contributed by atoms with Crippen molar-refractivity contribution in [2.24, 2.45) is 17.8 Å². The van der Waals surface area contributed by atoms with Crippen LogP contribution in [0.4, 0.5) is 5.69 Å². The summed E-state index contributed by atoms with van der Waals surface area (Å²) in [7, 11) is 0. The van der Waals surface area contributed by atoms with Crippen LogP contribution in [0.15, 0.2) is 24.3 Å². The Morgan fingerprint density at radius 1 is 0.906 bits per heavy atom. The summed E-state index contributed by atoms with van der Waals surface area (Å²) in [5.74, 6) is 3.46. The Morgan fingerprint density at radius 2 is 1.50 bits per heavy atom. The predicted molar refractivity (Wildman–Crippen MR) is 123 cm³/mol. The summed E-state index contributed by atoms with van der Waals surface area (Å²) in [5.41, 5.74) is 1.09. The first-order valence-electron chi connectivity index (χ1n) is 12.6. The lowest BCUT2D eigenvalue weighted by Gasteiger charge is -2.61. The van der Waals surface area contributed by atoms with Crippen LogP contribution in [0.1, 0.15) is 51.9 Å². The van der Waals surface area contributed by atoms with E-state index in [1.54, 1.807) is 0 Å². The molecule has 6 aliphatic rings. The highest BCUT2D eigenvalue weighted by molar-refractivity contribution is 6.22. The van der Waals surface area contributed by atoms with Crippen molar-refractivity contribution >= 4 is 17.5 Å². The number of imide groups is 1. The first kappa shape index (κ1) is 20.7. The van der Waals surface area contributed by atoms with E-state index in [2.05, 4.69) is 9.80 Å². The molecule has 0 radical (unpaired) electrons. The van der Waals surface area contributed by atoms with Crippen molar-refractivity contribution in [3.8, 4) is 5.75 Å². The third-order valence-electron chi connectivity index (χ3n) is 8.96. The number of carbonyl (C=O) groups is 2. The number of benzene rings is 1. The van der Waals surface area contributed by atoms with Gasteiger partial charge in [-0.1, -0.05) is 0 Å².